The first-order valence-corrected chi connectivity index (χ1v) is 13.0. The molecule has 9 nitrogen and oxygen atoms in total. The van der Waals surface area contributed by atoms with E-state index in [-0.39, 0.29) is 34.0 Å². The highest BCUT2D eigenvalue weighted by Crippen LogP contribution is 2.34. The van der Waals surface area contributed by atoms with Gasteiger partial charge in [0.1, 0.15) is 18.7 Å². The van der Waals surface area contributed by atoms with Crippen LogP contribution in [0.5, 0.6) is 5.75 Å². The summed E-state index contributed by atoms with van der Waals surface area (Å²) in [6.07, 6.45) is -3.17. The lowest BCUT2D eigenvalue weighted by Gasteiger charge is -2.14. The van der Waals surface area contributed by atoms with Crippen LogP contribution in [-0.2, 0) is 38.2 Å². The predicted octanol–water partition coefficient (Wildman–Crippen LogP) is 4.68. The predicted molar refractivity (Wildman–Crippen MR) is 144 cm³/mol. The highest BCUT2D eigenvalue weighted by molar-refractivity contribution is 7.14. The zero-order chi connectivity index (χ0) is 30.3. The minimum atomic E-state index is -4.66. The van der Waals surface area contributed by atoms with E-state index in [1.807, 2.05) is 0 Å². The van der Waals surface area contributed by atoms with Gasteiger partial charge in [-0.3, -0.25) is 18.7 Å². The Morgan fingerprint density at radius 1 is 1.05 bits per heavy atom. The van der Waals surface area contributed by atoms with E-state index in [1.165, 1.54) is 46.9 Å². The number of ether oxygens (including phenoxy) is 1. The summed E-state index contributed by atoms with van der Waals surface area (Å²) in [7, 11) is 2.83. The molecule has 0 unspecified atom stereocenters. The molecular formula is C27H20F5N5O4S. The number of rotatable bonds is 7. The van der Waals surface area contributed by atoms with Crippen molar-refractivity contribution in [3.63, 3.8) is 0 Å². The van der Waals surface area contributed by atoms with E-state index >= 15 is 0 Å². The van der Waals surface area contributed by atoms with Crippen LogP contribution >= 0.6 is 11.3 Å². The number of hydrogen-bond acceptors (Lipinski definition) is 6. The van der Waals surface area contributed by atoms with Crippen LogP contribution in [-0.4, -0.2) is 24.6 Å². The molecule has 0 saturated heterocycles. The summed E-state index contributed by atoms with van der Waals surface area (Å²) in [6, 6.07) is 7.92. The largest absolute Gasteiger partial charge is 0.483 e. The van der Waals surface area contributed by atoms with Crippen LogP contribution in [0, 0.1) is 11.6 Å². The molecule has 5 aromatic rings. The van der Waals surface area contributed by atoms with Crippen LogP contribution < -0.4 is 21.3 Å². The average molecular weight is 606 g/mol. The number of benzene rings is 2. The molecule has 0 radical (unpaired) electrons. The fraction of sp³-hybridized carbons (Fsp3) is 0.185. The number of carbonyl (C=O) groups is 1. The van der Waals surface area contributed by atoms with E-state index in [9.17, 15) is 36.3 Å². The summed E-state index contributed by atoms with van der Waals surface area (Å²) in [5.41, 5.74) is -1.70. The Labute approximate surface area is 237 Å². The van der Waals surface area contributed by atoms with Crippen molar-refractivity contribution in [2.75, 3.05) is 5.32 Å². The van der Waals surface area contributed by atoms with Gasteiger partial charge in [-0.05, 0) is 24.3 Å². The second kappa shape index (κ2) is 10.9. The molecule has 0 aliphatic rings. The summed E-state index contributed by atoms with van der Waals surface area (Å²) < 4.78 is 77.8. The summed E-state index contributed by atoms with van der Waals surface area (Å²) in [4.78, 5) is 41.6. The number of anilines is 1. The number of thiazole rings is 1. The highest BCUT2D eigenvalue weighted by atomic mass is 32.1. The van der Waals surface area contributed by atoms with Crippen LogP contribution in [0.2, 0.25) is 0 Å². The van der Waals surface area contributed by atoms with Gasteiger partial charge >= 0.3 is 11.9 Å². The van der Waals surface area contributed by atoms with E-state index in [0.29, 0.717) is 5.52 Å². The average Bonchev–Trinajstić information content (AvgIpc) is 3.57. The molecule has 0 atom stereocenters. The van der Waals surface area contributed by atoms with Crippen molar-refractivity contribution in [3.05, 3.63) is 97.6 Å². The molecule has 0 aliphatic heterocycles. The molecule has 0 spiro atoms. The van der Waals surface area contributed by atoms with Crippen molar-refractivity contribution in [2.24, 2.45) is 14.1 Å². The van der Waals surface area contributed by atoms with Crippen LogP contribution in [0.4, 0.5) is 27.1 Å². The fourth-order valence-corrected chi connectivity index (χ4v) is 5.10. The molecule has 0 fully saturated rings. The van der Waals surface area contributed by atoms with Gasteiger partial charge in [-0.2, -0.15) is 13.2 Å². The highest BCUT2D eigenvalue weighted by Gasteiger charge is 2.33. The van der Waals surface area contributed by atoms with Crippen molar-refractivity contribution in [1.29, 1.82) is 0 Å². The second-order valence-corrected chi connectivity index (χ2v) is 10.0. The van der Waals surface area contributed by atoms with Gasteiger partial charge in [0.25, 0.3) is 5.56 Å². The van der Waals surface area contributed by atoms with Crippen molar-refractivity contribution in [3.8, 4) is 17.0 Å². The van der Waals surface area contributed by atoms with Gasteiger partial charge in [0.05, 0.1) is 16.8 Å². The van der Waals surface area contributed by atoms with Gasteiger partial charge in [0, 0.05) is 36.8 Å². The van der Waals surface area contributed by atoms with Gasteiger partial charge in [-0.15, -0.1) is 11.3 Å². The molecule has 15 heteroatoms. The minimum Gasteiger partial charge on any atom is -0.483 e. The molecule has 1 amide bonds. The third-order valence-electron chi connectivity index (χ3n) is 6.44. The molecule has 3 aromatic heterocycles. The van der Waals surface area contributed by atoms with E-state index in [4.69, 9.17) is 4.74 Å². The first-order valence-electron chi connectivity index (χ1n) is 12.1. The Hall–Kier alpha value is -4.79. The minimum absolute atomic E-state index is 0.00519. The zero-order valence-electron chi connectivity index (χ0n) is 21.8. The van der Waals surface area contributed by atoms with Gasteiger partial charge in [-0.1, -0.05) is 18.2 Å². The summed E-state index contributed by atoms with van der Waals surface area (Å²) in [5, 5.41) is 4.11. The summed E-state index contributed by atoms with van der Waals surface area (Å²) >= 11 is 0.980. The van der Waals surface area contributed by atoms with Crippen molar-refractivity contribution < 1.29 is 31.5 Å². The number of nitrogens with one attached hydrogen (secondary N) is 1. The number of aryl methyl sites for hydroxylation is 1. The maximum absolute atomic E-state index is 14.8. The number of aromatic nitrogens is 4. The van der Waals surface area contributed by atoms with Crippen LogP contribution in [0.1, 0.15) is 11.1 Å². The quantitative estimate of drug-likeness (QED) is 0.272. The molecule has 218 valence electrons. The van der Waals surface area contributed by atoms with Crippen LogP contribution in [0.25, 0.3) is 22.3 Å². The molecule has 0 saturated carbocycles. The number of fused-ring (bicyclic) bond motifs is 1. The van der Waals surface area contributed by atoms with Gasteiger partial charge in [0.2, 0.25) is 5.91 Å². The Morgan fingerprint density at radius 2 is 1.74 bits per heavy atom. The molecule has 3 heterocycles. The molecule has 42 heavy (non-hydrogen) atoms. The molecule has 1 N–H and O–H groups in total. The topological polar surface area (TPSA) is 100 Å². The number of alkyl halides is 3. The summed E-state index contributed by atoms with van der Waals surface area (Å²) in [5.74, 6) is -3.70. The second-order valence-electron chi connectivity index (χ2n) is 9.18. The van der Waals surface area contributed by atoms with Gasteiger partial charge in [0.15, 0.2) is 22.5 Å². The van der Waals surface area contributed by atoms with Gasteiger partial charge in [-0.25, -0.2) is 18.6 Å². The lowest BCUT2D eigenvalue weighted by atomic mass is 10.1. The Morgan fingerprint density at radius 3 is 2.43 bits per heavy atom. The number of nitrogens with zero attached hydrogens (tertiary/aromatic N) is 4. The number of hydrogen-bond donors (Lipinski definition) is 1. The SMILES string of the molecule is Cn1c(=O)c2c(ccn2CC(=O)Nc2nc(-c3cc(F)c(OCc4ccccc4C(F)(F)F)c(F)c3)cs2)n(C)c1=O. The zero-order valence-corrected chi connectivity index (χ0v) is 22.6. The number of halogens is 5. The maximum atomic E-state index is 14.8. The summed E-state index contributed by atoms with van der Waals surface area (Å²) in [6.45, 7) is -0.993. The first-order chi connectivity index (χ1) is 19.8. The standard InChI is InChI=1S/C27H20F5N5O4S/c1-35-20-7-8-37(22(20)24(39)36(2)26(35)40)11-21(38)34-25-33-19(13-42-25)15-9-17(28)23(18(29)10-15)41-12-14-5-3-4-6-16(14)27(30,31)32/h3-10,13H,11-12H2,1-2H3,(H,33,34,38). The number of amides is 1. The Kier molecular flexibility index (Phi) is 7.45. The molecule has 0 aliphatic carbocycles. The van der Waals surface area contributed by atoms with Crippen molar-refractivity contribution in [1.82, 2.24) is 18.7 Å². The van der Waals surface area contributed by atoms with E-state index in [0.717, 1.165) is 40.2 Å². The number of carbonyl (C=O) groups excluding carboxylic acids is 1. The van der Waals surface area contributed by atoms with Gasteiger partial charge < -0.3 is 14.6 Å². The lowest BCUT2D eigenvalue weighted by Crippen LogP contribution is -2.37. The normalized spacial score (nSPS) is 11.7. The Balaban J connectivity index is 1.30. The first kappa shape index (κ1) is 28.7. The third-order valence-corrected chi connectivity index (χ3v) is 7.20. The van der Waals surface area contributed by atoms with E-state index in [2.05, 4.69) is 10.3 Å². The maximum Gasteiger partial charge on any atom is 0.416 e. The molecular weight excluding hydrogens is 585 g/mol. The molecule has 2 aromatic carbocycles. The van der Waals surface area contributed by atoms with Crippen LogP contribution in [0.15, 0.2) is 63.6 Å². The monoisotopic (exact) mass is 605 g/mol. The Bertz CT molecular complexity index is 1930. The smallest absolute Gasteiger partial charge is 0.416 e. The van der Waals surface area contributed by atoms with Crippen molar-refractivity contribution in [2.45, 2.75) is 19.3 Å². The van der Waals surface area contributed by atoms with E-state index in [1.54, 1.807) is 6.07 Å². The van der Waals surface area contributed by atoms with Crippen molar-refractivity contribution >= 4 is 33.4 Å². The molecule has 0 bridgehead atoms. The lowest BCUT2D eigenvalue weighted by molar-refractivity contribution is -0.138. The van der Waals surface area contributed by atoms with Crippen LogP contribution in [0.3, 0.4) is 0 Å². The van der Waals surface area contributed by atoms with E-state index < -0.39 is 52.9 Å². The third kappa shape index (κ3) is 5.42. The molecule has 5 rings (SSSR count). The fourth-order valence-electron chi connectivity index (χ4n) is 4.37.